The van der Waals surface area contributed by atoms with Crippen molar-refractivity contribution in [3.63, 3.8) is 0 Å². The standard InChI is InChI=1S/C8H17.Ni/c1-3-5-7-8-6-4-2;/h1,3-8H2,2H3;. The second kappa shape index (κ2) is 11.3. The second-order valence-corrected chi connectivity index (χ2v) is 2.27. The van der Waals surface area contributed by atoms with Crippen LogP contribution in [0.1, 0.15) is 45.4 Å². The molecule has 0 aromatic carbocycles. The van der Waals surface area contributed by atoms with Crippen LogP contribution in [-0.2, 0) is 16.5 Å². The normalized spacial score (nSPS) is 8.67. The SMILES string of the molecule is [CH2]CCCCCCC.[Ni]. The third-order valence-electron chi connectivity index (χ3n) is 1.35. The van der Waals surface area contributed by atoms with E-state index in [0.29, 0.717) is 0 Å². The van der Waals surface area contributed by atoms with Gasteiger partial charge in [0.05, 0.1) is 0 Å². The molecule has 0 bridgehead atoms. The maximum atomic E-state index is 3.78. The van der Waals surface area contributed by atoms with Crippen molar-refractivity contribution in [1.29, 1.82) is 0 Å². The van der Waals surface area contributed by atoms with E-state index < -0.39 is 0 Å². The summed E-state index contributed by atoms with van der Waals surface area (Å²) in [5, 5.41) is 0. The first kappa shape index (κ1) is 12.2. The molecule has 1 radical (unpaired) electrons. The number of unbranched alkanes of at least 4 members (excludes halogenated alkanes) is 5. The van der Waals surface area contributed by atoms with E-state index in [2.05, 4.69) is 13.8 Å². The van der Waals surface area contributed by atoms with Crippen LogP contribution in [0.3, 0.4) is 0 Å². The molecule has 0 heterocycles. The summed E-state index contributed by atoms with van der Waals surface area (Å²) >= 11 is 0. The largest absolute Gasteiger partial charge is 0.0654 e. The van der Waals surface area contributed by atoms with Gasteiger partial charge >= 0.3 is 0 Å². The van der Waals surface area contributed by atoms with E-state index in [1.54, 1.807) is 0 Å². The van der Waals surface area contributed by atoms with Gasteiger partial charge in [-0.15, -0.1) is 0 Å². The molecule has 0 fully saturated rings. The van der Waals surface area contributed by atoms with Crippen molar-refractivity contribution in [3.05, 3.63) is 6.92 Å². The smallest absolute Gasteiger partial charge is 0 e. The fourth-order valence-corrected chi connectivity index (χ4v) is 0.780. The number of rotatable bonds is 5. The van der Waals surface area contributed by atoms with E-state index in [9.17, 15) is 0 Å². The van der Waals surface area contributed by atoms with Gasteiger partial charge in [-0.2, -0.15) is 0 Å². The van der Waals surface area contributed by atoms with Crippen LogP contribution in [0.4, 0.5) is 0 Å². The van der Waals surface area contributed by atoms with Crippen LogP contribution < -0.4 is 0 Å². The third-order valence-corrected chi connectivity index (χ3v) is 1.35. The van der Waals surface area contributed by atoms with Crippen molar-refractivity contribution < 1.29 is 16.5 Å². The Kier molecular flexibility index (Phi) is 15.3. The predicted octanol–water partition coefficient (Wildman–Crippen LogP) is 3.18. The molecule has 0 atom stereocenters. The van der Waals surface area contributed by atoms with Crippen LogP contribution in [0.5, 0.6) is 0 Å². The topological polar surface area (TPSA) is 0 Å². The van der Waals surface area contributed by atoms with E-state index >= 15 is 0 Å². The Morgan fingerprint density at radius 3 is 2.00 bits per heavy atom. The van der Waals surface area contributed by atoms with Crippen LogP contribution in [0.2, 0.25) is 0 Å². The van der Waals surface area contributed by atoms with Crippen molar-refractivity contribution in [2.75, 3.05) is 0 Å². The summed E-state index contributed by atoms with van der Waals surface area (Å²) in [6, 6.07) is 0. The van der Waals surface area contributed by atoms with Crippen molar-refractivity contribution in [3.8, 4) is 0 Å². The number of hydrogen-bond donors (Lipinski definition) is 0. The van der Waals surface area contributed by atoms with Gasteiger partial charge in [0.1, 0.15) is 0 Å². The van der Waals surface area contributed by atoms with Crippen molar-refractivity contribution in [2.45, 2.75) is 45.4 Å². The molecule has 0 aliphatic carbocycles. The summed E-state index contributed by atoms with van der Waals surface area (Å²) in [6.45, 7) is 6.02. The molecule has 1 heteroatoms. The first-order valence-electron chi connectivity index (χ1n) is 3.71. The first-order chi connectivity index (χ1) is 3.91. The minimum absolute atomic E-state index is 0. The fraction of sp³-hybridized carbons (Fsp3) is 0.875. The van der Waals surface area contributed by atoms with Crippen LogP contribution in [0.15, 0.2) is 0 Å². The Bertz CT molecular complexity index is 29.5. The minimum atomic E-state index is 0. The molecule has 0 saturated carbocycles. The summed E-state index contributed by atoms with van der Waals surface area (Å²) in [4.78, 5) is 0. The molecule has 0 nitrogen and oxygen atoms in total. The Hall–Kier alpha value is 0.494. The Morgan fingerprint density at radius 1 is 1.00 bits per heavy atom. The van der Waals surface area contributed by atoms with Gasteiger partial charge < -0.3 is 0 Å². The molecule has 0 rings (SSSR count). The molecule has 0 N–H and O–H groups in total. The Morgan fingerprint density at radius 2 is 1.56 bits per heavy atom. The van der Waals surface area contributed by atoms with E-state index in [-0.39, 0.29) is 16.5 Å². The van der Waals surface area contributed by atoms with Gasteiger partial charge in [0.2, 0.25) is 0 Å². The molecule has 59 valence electrons. The van der Waals surface area contributed by atoms with Gasteiger partial charge in [0.15, 0.2) is 0 Å². The minimum Gasteiger partial charge on any atom is -0.0654 e. The van der Waals surface area contributed by atoms with E-state index in [1.807, 2.05) is 0 Å². The summed E-state index contributed by atoms with van der Waals surface area (Å²) in [5.41, 5.74) is 0. The zero-order valence-electron chi connectivity index (χ0n) is 6.27. The zero-order valence-corrected chi connectivity index (χ0v) is 7.25. The Labute approximate surface area is 69.3 Å². The van der Waals surface area contributed by atoms with Crippen molar-refractivity contribution >= 4 is 0 Å². The van der Waals surface area contributed by atoms with Crippen LogP contribution in [0.25, 0.3) is 0 Å². The molecule has 0 aromatic heterocycles. The molecule has 0 unspecified atom stereocenters. The van der Waals surface area contributed by atoms with E-state index in [0.717, 1.165) is 6.42 Å². The summed E-state index contributed by atoms with van der Waals surface area (Å²) < 4.78 is 0. The summed E-state index contributed by atoms with van der Waals surface area (Å²) in [5.74, 6) is 0. The van der Waals surface area contributed by atoms with Crippen molar-refractivity contribution in [2.24, 2.45) is 0 Å². The summed E-state index contributed by atoms with van der Waals surface area (Å²) in [6.07, 6.45) is 7.98. The molecule has 0 aliphatic rings. The monoisotopic (exact) mass is 171 g/mol. The van der Waals surface area contributed by atoms with Gasteiger partial charge in [-0.05, 0) is 0 Å². The van der Waals surface area contributed by atoms with Crippen LogP contribution in [-0.4, -0.2) is 0 Å². The average Bonchev–Trinajstić information content (AvgIpc) is 1.81. The van der Waals surface area contributed by atoms with Gasteiger partial charge in [-0.25, -0.2) is 0 Å². The fourth-order valence-electron chi connectivity index (χ4n) is 0.780. The first-order valence-corrected chi connectivity index (χ1v) is 3.71. The number of hydrogen-bond acceptors (Lipinski definition) is 0. The molecule has 0 aliphatic heterocycles. The second-order valence-electron chi connectivity index (χ2n) is 2.27. The molecule has 0 amide bonds. The molecule has 0 saturated heterocycles. The van der Waals surface area contributed by atoms with Gasteiger partial charge in [0.25, 0.3) is 0 Å². The molecular weight excluding hydrogens is 155 g/mol. The van der Waals surface area contributed by atoms with E-state index in [1.165, 1.54) is 32.1 Å². The molecule has 0 aromatic rings. The van der Waals surface area contributed by atoms with Gasteiger partial charge in [-0.1, -0.05) is 52.4 Å². The van der Waals surface area contributed by atoms with Crippen LogP contribution >= 0.6 is 0 Å². The maximum Gasteiger partial charge on any atom is 0 e. The van der Waals surface area contributed by atoms with E-state index in [4.69, 9.17) is 0 Å². The van der Waals surface area contributed by atoms with Crippen LogP contribution in [0, 0.1) is 6.92 Å². The molecule has 0 spiro atoms. The zero-order chi connectivity index (χ0) is 6.24. The Balaban J connectivity index is 0. The molecular formula is C8H17Ni. The van der Waals surface area contributed by atoms with Gasteiger partial charge in [0, 0.05) is 16.5 Å². The van der Waals surface area contributed by atoms with Gasteiger partial charge in [-0.3, -0.25) is 0 Å². The van der Waals surface area contributed by atoms with Crippen molar-refractivity contribution in [1.82, 2.24) is 0 Å². The maximum absolute atomic E-state index is 3.78. The summed E-state index contributed by atoms with van der Waals surface area (Å²) in [7, 11) is 0. The predicted molar refractivity (Wildman–Crippen MR) is 38.7 cm³/mol. The average molecular weight is 172 g/mol. The molecule has 9 heavy (non-hydrogen) atoms. The third kappa shape index (κ3) is 11.9. The quantitative estimate of drug-likeness (QED) is 0.441.